The second-order valence-corrected chi connectivity index (χ2v) is 11.4. The maximum absolute atomic E-state index is 13.7. The fourth-order valence-electron chi connectivity index (χ4n) is 4.42. The molecule has 196 valence electrons. The Morgan fingerprint density at radius 3 is 2.35 bits per heavy atom. The minimum Gasteiger partial charge on any atom is -0.351 e. The average Bonchev–Trinajstić information content (AvgIpc) is 3.09. The van der Waals surface area contributed by atoms with E-state index >= 15 is 0 Å². The molecule has 2 aliphatic rings. The van der Waals surface area contributed by atoms with Crippen LogP contribution in [0.15, 0.2) is 55.1 Å². The lowest BCUT2D eigenvalue weighted by Crippen LogP contribution is -2.43. The maximum Gasteiger partial charge on any atom is 0.251 e. The molecular formula is C29H35N3O5. The maximum atomic E-state index is 13.7. The van der Waals surface area contributed by atoms with E-state index in [-0.39, 0.29) is 28.7 Å². The van der Waals surface area contributed by atoms with Crippen LogP contribution in [0.1, 0.15) is 62.0 Å². The van der Waals surface area contributed by atoms with E-state index in [4.69, 9.17) is 9.47 Å². The fourth-order valence-corrected chi connectivity index (χ4v) is 4.42. The summed E-state index contributed by atoms with van der Waals surface area (Å²) in [5.74, 6) is -1.28. The zero-order valence-corrected chi connectivity index (χ0v) is 22.1. The predicted octanol–water partition coefficient (Wildman–Crippen LogP) is 4.37. The summed E-state index contributed by atoms with van der Waals surface area (Å²) < 4.78 is 12.0. The zero-order chi connectivity index (χ0) is 27.0. The van der Waals surface area contributed by atoms with E-state index in [1.54, 1.807) is 29.2 Å². The van der Waals surface area contributed by atoms with Gasteiger partial charge in [-0.3, -0.25) is 14.4 Å². The lowest BCUT2D eigenvalue weighted by atomic mass is 9.93. The third kappa shape index (κ3) is 6.09. The molecule has 0 radical (unpaired) electrons. The second kappa shape index (κ2) is 10.1. The molecule has 2 aromatic carbocycles. The second-order valence-electron chi connectivity index (χ2n) is 11.4. The van der Waals surface area contributed by atoms with Crippen LogP contribution < -0.4 is 15.5 Å². The molecule has 0 aliphatic carbocycles. The fraction of sp³-hybridized carbons (Fsp3) is 0.414. The summed E-state index contributed by atoms with van der Waals surface area (Å²) in [6, 6.07) is 12.6. The van der Waals surface area contributed by atoms with E-state index in [0.29, 0.717) is 31.0 Å². The van der Waals surface area contributed by atoms with E-state index in [0.717, 1.165) is 16.8 Å². The molecule has 3 amide bonds. The third-order valence-electron chi connectivity index (χ3n) is 6.23. The molecule has 8 heteroatoms. The number of ether oxygens (including phenoxy) is 2. The number of amides is 3. The van der Waals surface area contributed by atoms with Crippen LogP contribution in [0, 0.1) is 5.41 Å². The van der Waals surface area contributed by atoms with Crippen LogP contribution in [0.4, 0.5) is 11.4 Å². The van der Waals surface area contributed by atoms with E-state index in [1.165, 1.54) is 6.08 Å². The summed E-state index contributed by atoms with van der Waals surface area (Å²) in [4.78, 5) is 39.8. The van der Waals surface area contributed by atoms with Crippen LogP contribution >= 0.6 is 0 Å². The number of nitrogens with one attached hydrogen (secondary N) is 2. The van der Waals surface area contributed by atoms with Crippen molar-refractivity contribution in [1.82, 2.24) is 5.32 Å². The van der Waals surface area contributed by atoms with Gasteiger partial charge in [0.15, 0.2) is 6.29 Å². The number of carbonyl (C=O) groups is 3. The SMILES string of the molecule is C=CC(=O)Nc1ccc2c(c1)C(C1OCC(C)(C)CO1)C(=O)N2Cc1ccc(C(=O)NC(C)(C)C)cc1. The van der Waals surface area contributed by atoms with Crippen molar-refractivity contribution in [2.45, 2.75) is 58.9 Å². The van der Waals surface area contributed by atoms with Crippen molar-refractivity contribution in [2.24, 2.45) is 5.41 Å². The molecule has 0 bridgehead atoms. The van der Waals surface area contributed by atoms with Crippen LogP contribution in [0.2, 0.25) is 0 Å². The van der Waals surface area contributed by atoms with Crippen LogP contribution in [0.5, 0.6) is 0 Å². The summed E-state index contributed by atoms with van der Waals surface area (Å²) >= 11 is 0. The number of benzene rings is 2. The van der Waals surface area contributed by atoms with E-state index in [9.17, 15) is 14.4 Å². The molecule has 2 N–H and O–H groups in total. The van der Waals surface area contributed by atoms with Crippen molar-refractivity contribution >= 4 is 29.1 Å². The zero-order valence-electron chi connectivity index (χ0n) is 22.1. The van der Waals surface area contributed by atoms with Crippen molar-refractivity contribution < 1.29 is 23.9 Å². The van der Waals surface area contributed by atoms with Crippen molar-refractivity contribution in [3.63, 3.8) is 0 Å². The molecule has 2 aromatic rings. The molecule has 1 atom stereocenters. The Balaban J connectivity index is 1.60. The summed E-state index contributed by atoms with van der Waals surface area (Å²) in [7, 11) is 0. The molecule has 4 rings (SSSR count). The largest absolute Gasteiger partial charge is 0.351 e. The molecule has 1 saturated heterocycles. The number of nitrogens with zero attached hydrogens (tertiary/aromatic N) is 1. The Labute approximate surface area is 218 Å². The van der Waals surface area contributed by atoms with Crippen molar-refractivity contribution in [3.8, 4) is 0 Å². The standard InChI is InChI=1S/C29H35N3O5/c1-7-23(33)30-20-12-13-22-21(14-20)24(27-36-16-29(5,6)17-37-27)26(35)32(22)15-18-8-10-19(11-9-18)25(34)31-28(2,3)4/h7-14,24,27H,1,15-17H2,2-6H3,(H,30,33)(H,31,34). The van der Waals surface area contributed by atoms with Gasteiger partial charge in [0.25, 0.3) is 5.91 Å². The lowest BCUT2D eigenvalue weighted by molar-refractivity contribution is -0.229. The molecule has 1 fully saturated rings. The van der Waals surface area contributed by atoms with Gasteiger partial charge < -0.3 is 25.0 Å². The first-order valence-electron chi connectivity index (χ1n) is 12.4. The minimum absolute atomic E-state index is 0.137. The molecule has 2 aliphatic heterocycles. The summed E-state index contributed by atoms with van der Waals surface area (Å²) in [6.45, 7) is 14.7. The highest BCUT2D eigenvalue weighted by Crippen LogP contribution is 2.44. The van der Waals surface area contributed by atoms with Crippen LogP contribution in [-0.2, 0) is 25.6 Å². The van der Waals surface area contributed by atoms with Gasteiger partial charge in [-0.25, -0.2) is 0 Å². The summed E-state index contributed by atoms with van der Waals surface area (Å²) in [6.07, 6.45) is 0.473. The Bertz CT molecular complexity index is 1200. The average molecular weight is 506 g/mol. The highest BCUT2D eigenvalue weighted by molar-refractivity contribution is 6.06. The molecule has 0 aromatic heterocycles. The van der Waals surface area contributed by atoms with E-state index in [2.05, 4.69) is 17.2 Å². The van der Waals surface area contributed by atoms with Gasteiger partial charge in [-0.05, 0) is 68.3 Å². The third-order valence-corrected chi connectivity index (χ3v) is 6.23. The van der Waals surface area contributed by atoms with Gasteiger partial charge in [0.05, 0.1) is 19.8 Å². The number of hydrogen-bond acceptors (Lipinski definition) is 5. The van der Waals surface area contributed by atoms with Gasteiger partial charge in [-0.2, -0.15) is 0 Å². The first-order valence-corrected chi connectivity index (χ1v) is 12.4. The van der Waals surface area contributed by atoms with Crippen LogP contribution in [0.3, 0.4) is 0 Å². The quantitative estimate of drug-likeness (QED) is 0.569. The molecule has 8 nitrogen and oxygen atoms in total. The number of hydrogen-bond donors (Lipinski definition) is 2. The number of carbonyl (C=O) groups excluding carboxylic acids is 3. The Kier molecular flexibility index (Phi) is 7.26. The smallest absolute Gasteiger partial charge is 0.251 e. The first kappa shape index (κ1) is 26.6. The number of anilines is 2. The Morgan fingerprint density at radius 1 is 1.11 bits per heavy atom. The van der Waals surface area contributed by atoms with Gasteiger partial charge in [-0.15, -0.1) is 0 Å². The summed E-state index contributed by atoms with van der Waals surface area (Å²) in [5.41, 5.74) is 2.99. The highest BCUT2D eigenvalue weighted by Gasteiger charge is 2.45. The number of fused-ring (bicyclic) bond motifs is 1. The molecule has 2 heterocycles. The van der Waals surface area contributed by atoms with Crippen molar-refractivity contribution in [2.75, 3.05) is 23.4 Å². The van der Waals surface area contributed by atoms with Crippen LogP contribution in [-0.4, -0.2) is 42.8 Å². The Hall–Kier alpha value is -3.49. The topological polar surface area (TPSA) is 97.0 Å². The van der Waals surface area contributed by atoms with Gasteiger partial charge in [-0.1, -0.05) is 32.6 Å². The van der Waals surface area contributed by atoms with Gasteiger partial charge in [0, 0.05) is 27.9 Å². The van der Waals surface area contributed by atoms with Gasteiger partial charge in [0.2, 0.25) is 11.8 Å². The highest BCUT2D eigenvalue weighted by atomic mass is 16.7. The monoisotopic (exact) mass is 505 g/mol. The lowest BCUT2D eigenvalue weighted by Gasteiger charge is -2.36. The molecule has 0 spiro atoms. The van der Waals surface area contributed by atoms with Crippen LogP contribution in [0.25, 0.3) is 0 Å². The molecule has 0 saturated carbocycles. The normalized spacial score (nSPS) is 19.3. The first-order chi connectivity index (χ1) is 17.4. The predicted molar refractivity (Wildman–Crippen MR) is 142 cm³/mol. The van der Waals surface area contributed by atoms with Gasteiger partial charge >= 0.3 is 0 Å². The van der Waals surface area contributed by atoms with Gasteiger partial charge in [0.1, 0.15) is 5.92 Å². The van der Waals surface area contributed by atoms with Crippen molar-refractivity contribution in [1.29, 1.82) is 0 Å². The molecular weight excluding hydrogens is 470 g/mol. The van der Waals surface area contributed by atoms with E-state index < -0.39 is 12.2 Å². The summed E-state index contributed by atoms with van der Waals surface area (Å²) in [5, 5.41) is 5.72. The number of rotatable bonds is 6. The minimum atomic E-state index is -0.724. The van der Waals surface area contributed by atoms with Crippen molar-refractivity contribution in [3.05, 3.63) is 71.8 Å². The Morgan fingerprint density at radius 2 is 1.76 bits per heavy atom. The molecule has 37 heavy (non-hydrogen) atoms. The molecule has 1 unspecified atom stereocenters. The van der Waals surface area contributed by atoms with E-state index in [1.807, 2.05) is 52.8 Å².